The Morgan fingerprint density at radius 1 is 1.23 bits per heavy atom. The van der Waals surface area contributed by atoms with Crippen LogP contribution in [0.3, 0.4) is 0 Å². The standard InChI is InChI=1S/C17H12BrClO3/c1-2-9-21-17(20)13-5-8-16(15(18)10-13)22-11-12-3-6-14(19)7-4-12/h1,3-8,10H,9,11H2. The van der Waals surface area contributed by atoms with Crippen LogP contribution in [0.2, 0.25) is 5.02 Å². The number of terminal acetylenes is 1. The van der Waals surface area contributed by atoms with Gasteiger partial charge in [0.05, 0.1) is 10.0 Å². The summed E-state index contributed by atoms with van der Waals surface area (Å²) in [6.45, 7) is 0.349. The molecule has 2 aromatic rings. The Morgan fingerprint density at radius 2 is 1.95 bits per heavy atom. The van der Waals surface area contributed by atoms with Crippen LogP contribution >= 0.6 is 27.5 Å². The molecule has 3 nitrogen and oxygen atoms in total. The van der Waals surface area contributed by atoms with E-state index in [9.17, 15) is 4.79 Å². The van der Waals surface area contributed by atoms with Gasteiger partial charge >= 0.3 is 5.97 Å². The van der Waals surface area contributed by atoms with Gasteiger partial charge in [0.25, 0.3) is 0 Å². The summed E-state index contributed by atoms with van der Waals surface area (Å²) >= 11 is 9.21. The zero-order chi connectivity index (χ0) is 15.9. The lowest BCUT2D eigenvalue weighted by Gasteiger charge is -2.09. The lowest BCUT2D eigenvalue weighted by atomic mass is 10.2. The molecule has 0 saturated heterocycles. The second-order valence-electron chi connectivity index (χ2n) is 4.34. The summed E-state index contributed by atoms with van der Waals surface area (Å²) in [7, 11) is 0. The fraction of sp³-hybridized carbons (Fsp3) is 0.118. The van der Waals surface area contributed by atoms with Crippen molar-refractivity contribution in [3.8, 4) is 18.1 Å². The fourth-order valence-electron chi connectivity index (χ4n) is 1.68. The maximum atomic E-state index is 11.7. The molecule has 0 bridgehead atoms. The van der Waals surface area contributed by atoms with Crippen molar-refractivity contribution in [2.75, 3.05) is 6.61 Å². The van der Waals surface area contributed by atoms with Crippen molar-refractivity contribution < 1.29 is 14.3 Å². The van der Waals surface area contributed by atoms with E-state index in [1.807, 2.05) is 12.1 Å². The molecule has 0 spiro atoms. The van der Waals surface area contributed by atoms with Gasteiger partial charge in [0, 0.05) is 5.02 Å². The lowest BCUT2D eigenvalue weighted by Crippen LogP contribution is -2.05. The second-order valence-corrected chi connectivity index (χ2v) is 5.63. The van der Waals surface area contributed by atoms with E-state index in [4.69, 9.17) is 27.5 Å². The van der Waals surface area contributed by atoms with Crippen molar-refractivity contribution in [2.24, 2.45) is 0 Å². The average Bonchev–Trinajstić information content (AvgIpc) is 2.53. The summed E-state index contributed by atoms with van der Waals surface area (Å²) in [5.74, 6) is 2.41. The van der Waals surface area contributed by atoms with E-state index in [0.717, 1.165) is 5.56 Å². The van der Waals surface area contributed by atoms with Gasteiger partial charge in [0.1, 0.15) is 12.4 Å². The Balaban J connectivity index is 2.02. The van der Waals surface area contributed by atoms with Crippen LogP contribution in [-0.4, -0.2) is 12.6 Å². The Bertz CT molecular complexity index is 705. The van der Waals surface area contributed by atoms with Gasteiger partial charge < -0.3 is 9.47 Å². The van der Waals surface area contributed by atoms with E-state index in [2.05, 4.69) is 21.9 Å². The molecular formula is C17H12BrClO3. The van der Waals surface area contributed by atoms with E-state index >= 15 is 0 Å². The van der Waals surface area contributed by atoms with Crippen LogP contribution in [0.15, 0.2) is 46.9 Å². The molecule has 0 unspecified atom stereocenters. The van der Waals surface area contributed by atoms with Crippen molar-refractivity contribution in [3.05, 3.63) is 63.1 Å². The molecule has 0 N–H and O–H groups in total. The van der Waals surface area contributed by atoms with E-state index in [0.29, 0.717) is 27.4 Å². The monoisotopic (exact) mass is 378 g/mol. The van der Waals surface area contributed by atoms with Crippen LogP contribution in [0.25, 0.3) is 0 Å². The first-order chi connectivity index (χ1) is 10.6. The summed E-state index contributed by atoms with van der Waals surface area (Å²) in [6.07, 6.45) is 5.05. The Hall–Kier alpha value is -1.96. The SMILES string of the molecule is C#CCOC(=O)c1ccc(OCc2ccc(Cl)cc2)c(Br)c1. The highest BCUT2D eigenvalue weighted by Crippen LogP contribution is 2.27. The van der Waals surface area contributed by atoms with Crippen molar-refractivity contribution >= 4 is 33.5 Å². The third kappa shape index (κ3) is 4.52. The topological polar surface area (TPSA) is 35.5 Å². The number of rotatable bonds is 5. The van der Waals surface area contributed by atoms with Crippen molar-refractivity contribution in [2.45, 2.75) is 6.61 Å². The highest BCUT2D eigenvalue weighted by molar-refractivity contribution is 9.10. The minimum absolute atomic E-state index is 0.0503. The summed E-state index contributed by atoms with van der Waals surface area (Å²) in [5.41, 5.74) is 1.40. The minimum atomic E-state index is -0.470. The van der Waals surface area contributed by atoms with Gasteiger partial charge in [-0.1, -0.05) is 29.7 Å². The molecule has 0 amide bonds. The zero-order valence-electron chi connectivity index (χ0n) is 11.5. The van der Waals surface area contributed by atoms with Crippen LogP contribution in [-0.2, 0) is 11.3 Å². The Morgan fingerprint density at radius 3 is 2.59 bits per heavy atom. The first kappa shape index (κ1) is 16.4. The van der Waals surface area contributed by atoms with Gasteiger partial charge in [0.15, 0.2) is 6.61 Å². The molecular weight excluding hydrogens is 368 g/mol. The zero-order valence-corrected chi connectivity index (χ0v) is 13.9. The normalized spacial score (nSPS) is 9.86. The van der Waals surface area contributed by atoms with E-state index in [1.54, 1.807) is 30.3 Å². The number of hydrogen-bond donors (Lipinski definition) is 0. The molecule has 5 heteroatoms. The van der Waals surface area contributed by atoms with E-state index in [1.165, 1.54) is 0 Å². The lowest BCUT2D eigenvalue weighted by molar-refractivity contribution is 0.0556. The molecule has 22 heavy (non-hydrogen) atoms. The maximum Gasteiger partial charge on any atom is 0.339 e. The Kier molecular flexibility index (Phi) is 5.88. The number of hydrogen-bond acceptors (Lipinski definition) is 3. The predicted octanol–water partition coefficient (Wildman–Crippen LogP) is 4.47. The maximum absolute atomic E-state index is 11.7. The van der Waals surface area contributed by atoms with Crippen LogP contribution in [0.5, 0.6) is 5.75 Å². The summed E-state index contributed by atoms with van der Waals surface area (Å²) in [5, 5.41) is 0.680. The first-order valence-electron chi connectivity index (χ1n) is 6.37. The van der Waals surface area contributed by atoms with Gasteiger partial charge in [-0.25, -0.2) is 4.79 Å². The molecule has 2 aromatic carbocycles. The largest absolute Gasteiger partial charge is 0.488 e. The number of benzene rings is 2. The van der Waals surface area contributed by atoms with Crippen molar-refractivity contribution in [3.63, 3.8) is 0 Å². The molecule has 0 radical (unpaired) electrons. The molecule has 0 atom stereocenters. The van der Waals surface area contributed by atoms with Crippen molar-refractivity contribution in [1.29, 1.82) is 0 Å². The molecule has 0 fully saturated rings. The number of ether oxygens (including phenoxy) is 2. The molecule has 0 saturated carbocycles. The molecule has 2 rings (SSSR count). The number of esters is 1. The molecule has 0 heterocycles. The molecule has 0 aliphatic carbocycles. The highest BCUT2D eigenvalue weighted by atomic mass is 79.9. The van der Waals surface area contributed by atoms with Gasteiger partial charge in [-0.2, -0.15) is 0 Å². The predicted molar refractivity (Wildman–Crippen MR) is 89.0 cm³/mol. The van der Waals surface area contributed by atoms with Gasteiger partial charge in [0.2, 0.25) is 0 Å². The van der Waals surface area contributed by atoms with E-state index in [-0.39, 0.29) is 6.61 Å². The average molecular weight is 380 g/mol. The summed E-state index contributed by atoms with van der Waals surface area (Å²) in [6, 6.07) is 12.4. The van der Waals surface area contributed by atoms with Gasteiger partial charge in [-0.3, -0.25) is 0 Å². The van der Waals surface area contributed by atoms with Crippen LogP contribution < -0.4 is 4.74 Å². The minimum Gasteiger partial charge on any atom is -0.488 e. The van der Waals surface area contributed by atoms with Crippen LogP contribution in [0, 0.1) is 12.3 Å². The van der Waals surface area contributed by atoms with Gasteiger partial charge in [-0.05, 0) is 51.8 Å². The summed E-state index contributed by atoms with van der Waals surface area (Å²) < 4.78 is 11.2. The quantitative estimate of drug-likeness (QED) is 0.568. The van der Waals surface area contributed by atoms with Gasteiger partial charge in [-0.15, -0.1) is 6.42 Å². The number of carbonyl (C=O) groups excluding carboxylic acids is 1. The smallest absolute Gasteiger partial charge is 0.339 e. The number of carbonyl (C=O) groups is 1. The Labute approximate surface area is 142 Å². The first-order valence-corrected chi connectivity index (χ1v) is 7.54. The van der Waals surface area contributed by atoms with Crippen LogP contribution in [0.1, 0.15) is 15.9 Å². The molecule has 0 aliphatic heterocycles. The molecule has 0 aliphatic rings. The fourth-order valence-corrected chi connectivity index (χ4v) is 2.30. The second kappa shape index (κ2) is 7.88. The molecule has 112 valence electrons. The third-order valence-electron chi connectivity index (χ3n) is 2.76. The van der Waals surface area contributed by atoms with E-state index < -0.39 is 5.97 Å². The van der Waals surface area contributed by atoms with Crippen LogP contribution in [0.4, 0.5) is 0 Å². The van der Waals surface area contributed by atoms with Crippen molar-refractivity contribution in [1.82, 2.24) is 0 Å². The highest BCUT2D eigenvalue weighted by Gasteiger charge is 2.10. The number of halogens is 2. The molecule has 0 aromatic heterocycles. The summed E-state index contributed by atoms with van der Waals surface area (Å²) in [4.78, 5) is 11.7. The third-order valence-corrected chi connectivity index (χ3v) is 3.63.